The molecular formula is C10H20N2O4. The lowest BCUT2D eigenvalue weighted by molar-refractivity contribution is -0.146. The number of carbonyl (C=O) groups excluding carboxylic acids is 1. The minimum atomic E-state index is -1.42. The highest BCUT2D eigenvalue weighted by atomic mass is 16.4. The smallest absolute Gasteiger partial charge is 0.332 e. The van der Waals surface area contributed by atoms with Gasteiger partial charge in [0.15, 0.2) is 6.10 Å². The molecule has 6 nitrogen and oxygen atoms in total. The molecule has 0 aliphatic rings. The molecule has 0 fully saturated rings. The number of carboxylic acid groups (broad SMARTS) is 1. The Balaban J connectivity index is 3.55. The molecule has 0 radical (unpaired) electrons. The molecule has 0 aromatic heterocycles. The summed E-state index contributed by atoms with van der Waals surface area (Å²) in [7, 11) is 0. The van der Waals surface area contributed by atoms with Gasteiger partial charge in [0.05, 0.1) is 0 Å². The summed E-state index contributed by atoms with van der Waals surface area (Å²) in [6.45, 7) is 4.78. The molecule has 0 aromatic rings. The molecule has 0 heterocycles. The number of rotatable bonds is 7. The fraction of sp³-hybridized carbons (Fsp3) is 0.800. The van der Waals surface area contributed by atoms with Gasteiger partial charge in [-0.25, -0.2) is 9.59 Å². The second-order valence-electron chi connectivity index (χ2n) is 3.79. The molecule has 0 aromatic carbocycles. The van der Waals surface area contributed by atoms with E-state index in [1.165, 1.54) is 0 Å². The molecule has 0 aliphatic carbocycles. The number of aliphatic hydroxyl groups is 1. The summed E-state index contributed by atoms with van der Waals surface area (Å²) in [6, 6.07) is -0.335. The zero-order chi connectivity index (χ0) is 12.6. The first-order valence-corrected chi connectivity index (χ1v) is 5.40. The van der Waals surface area contributed by atoms with Crippen molar-refractivity contribution in [3.63, 3.8) is 0 Å². The molecule has 16 heavy (non-hydrogen) atoms. The molecule has 0 aliphatic heterocycles. The Labute approximate surface area is 95.0 Å². The predicted octanol–water partition coefficient (Wildman–Crippen LogP) is 0.167. The highest BCUT2D eigenvalue weighted by molar-refractivity contribution is 5.74. The van der Waals surface area contributed by atoms with Crippen molar-refractivity contribution in [2.45, 2.75) is 32.8 Å². The Morgan fingerprint density at radius 2 is 1.94 bits per heavy atom. The van der Waals surface area contributed by atoms with Gasteiger partial charge < -0.3 is 20.8 Å². The van der Waals surface area contributed by atoms with Crippen LogP contribution in [0.25, 0.3) is 0 Å². The van der Waals surface area contributed by atoms with Gasteiger partial charge in [0.1, 0.15) is 0 Å². The number of hydrogen-bond donors (Lipinski definition) is 4. The molecular weight excluding hydrogens is 212 g/mol. The van der Waals surface area contributed by atoms with Crippen molar-refractivity contribution in [3.05, 3.63) is 0 Å². The number of carbonyl (C=O) groups is 2. The minimum Gasteiger partial charge on any atom is -0.479 e. The maximum atomic E-state index is 11.2. The Morgan fingerprint density at radius 1 is 1.31 bits per heavy atom. The van der Waals surface area contributed by atoms with E-state index in [9.17, 15) is 9.59 Å². The van der Waals surface area contributed by atoms with Gasteiger partial charge in [-0.15, -0.1) is 0 Å². The molecule has 0 bridgehead atoms. The van der Waals surface area contributed by atoms with Crippen LogP contribution in [-0.4, -0.2) is 41.4 Å². The van der Waals surface area contributed by atoms with Crippen molar-refractivity contribution >= 4 is 12.0 Å². The molecule has 2 amide bonds. The fourth-order valence-electron chi connectivity index (χ4n) is 0.920. The van der Waals surface area contributed by atoms with E-state index in [-0.39, 0.29) is 19.0 Å². The van der Waals surface area contributed by atoms with Crippen LogP contribution in [0, 0.1) is 5.92 Å². The van der Waals surface area contributed by atoms with E-state index in [1.54, 1.807) is 0 Å². The van der Waals surface area contributed by atoms with Crippen LogP contribution in [0.3, 0.4) is 0 Å². The van der Waals surface area contributed by atoms with Crippen LogP contribution < -0.4 is 10.6 Å². The maximum absolute atomic E-state index is 11.2. The van der Waals surface area contributed by atoms with Gasteiger partial charge in [0.2, 0.25) is 0 Å². The van der Waals surface area contributed by atoms with Crippen LogP contribution in [0.4, 0.5) is 4.79 Å². The van der Waals surface area contributed by atoms with E-state index in [0.29, 0.717) is 12.5 Å². The quantitative estimate of drug-likeness (QED) is 0.502. The molecule has 0 saturated carbocycles. The lowest BCUT2D eigenvalue weighted by Crippen LogP contribution is -2.39. The molecule has 6 heteroatoms. The maximum Gasteiger partial charge on any atom is 0.332 e. The monoisotopic (exact) mass is 232 g/mol. The molecule has 0 spiro atoms. The summed E-state index contributed by atoms with van der Waals surface area (Å²) in [5, 5.41) is 22.4. The number of aliphatic carboxylic acids is 1. The van der Waals surface area contributed by atoms with Crippen LogP contribution in [0.2, 0.25) is 0 Å². The van der Waals surface area contributed by atoms with E-state index < -0.39 is 12.1 Å². The number of amides is 2. The van der Waals surface area contributed by atoms with Crippen molar-refractivity contribution < 1.29 is 19.8 Å². The summed E-state index contributed by atoms with van der Waals surface area (Å²) in [5.74, 6) is -0.864. The van der Waals surface area contributed by atoms with E-state index in [1.807, 2.05) is 13.8 Å². The van der Waals surface area contributed by atoms with E-state index in [4.69, 9.17) is 10.2 Å². The predicted molar refractivity (Wildman–Crippen MR) is 59.1 cm³/mol. The largest absolute Gasteiger partial charge is 0.479 e. The normalized spacial score (nSPS) is 13.9. The first kappa shape index (κ1) is 14.7. The number of nitrogens with one attached hydrogen (secondary N) is 2. The highest BCUT2D eigenvalue weighted by Crippen LogP contribution is 1.96. The topological polar surface area (TPSA) is 98.7 Å². The van der Waals surface area contributed by atoms with E-state index in [2.05, 4.69) is 10.6 Å². The van der Waals surface area contributed by atoms with Crippen LogP contribution in [0.15, 0.2) is 0 Å². The third-order valence-electron chi connectivity index (χ3n) is 2.30. The number of urea groups is 1. The summed E-state index contributed by atoms with van der Waals surface area (Å²) < 4.78 is 0. The van der Waals surface area contributed by atoms with Crippen molar-refractivity contribution in [2.75, 3.05) is 13.1 Å². The van der Waals surface area contributed by atoms with E-state index >= 15 is 0 Å². The van der Waals surface area contributed by atoms with Crippen LogP contribution in [0.5, 0.6) is 0 Å². The van der Waals surface area contributed by atoms with Crippen molar-refractivity contribution in [2.24, 2.45) is 5.92 Å². The molecule has 1 unspecified atom stereocenters. The second kappa shape index (κ2) is 7.92. The molecule has 2 atom stereocenters. The van der Waals surface area contributed by atoms with E-state index in [0.717, 1.165) is 6.42 Å². The lowest BCUT2D eigenvalue weighted by atomic mass is 10.1. The first-order chi connectivity index (χ1) is 7.47. The standard InChI is InChI=1S/C10H20N2O4/c1-3-7(2)6-12-10(16)11-5-4-8(13)9(14)15/h7-8,13H,3-6H2,1-2H3,(H,14,15)(H2,11,12,16)/t7?,8-/m0/s1. The number of aliphatic hydroxyl groups excluding tert-OH is 1. The van der Waals surface area contributed by atoms with Crippen LogP contribution >= 0.6 is 0 Å². The zero-order valence-electron chi connectivity index (χ0n) is 9.69. The van der Waals surface area contributed by atoms with Gasteiger partial charge in [-0.1, -0.05) is 20.3 Å². The Morgan fingerprint density at radius 3 is 2.44 bits per heavy atom. The first-order valence-electron chi connectivity index (χ1n) is 5.40. The van der Waals surface area contributed by atoms with Gasteiger partial charge in [0.25, 0.3) is 0 Å². The number of hydrogen-bond acceptors (Lipinski definition) is 3. The Hall–Kier alpha value is -1.30. The van der Waals surface area contributed by atoms with Crippen molar-refractivity contribution in [1.82, 2.24) is 10.6 Å². The summed E-state index contributed by atoms with van der Waals surface area (Å²) in [5.41, 5.74) is 0. The third-order valence-corrected chi connectivity index (χ3v) is 2.30. The zero-order valence-corrected chi connectivity index (χ0v) is 9.69. The highest BCUT2D eigenvalue weighted by Gasteiger charge is 2.12. The molecule has 0 rings (SSSR count). The van der Waals surface area contributed by atoms with Gasteiger partial charge >= 0.3 is 12.0 Å². The summed E-state index contributed by atoms with van der Waals surface area (Å²) in [6.07, 6.45) is -0.431. The Kier molecular flexibility index (Phi) is 7.28. The second-order valence-corrected chi connectivity index (χ2v) is 3.79. The van der Waals surface area contributed by atoms with Gasteiger partial charge in [-0.05, 0) is 5.92 Å². The lowest BCUT2D eigenvalue weighted by Gasteiger charge is -2.11. The Bertz CT molecular complexity index is 233. The fourth-order valence-corrected chi connectivity index (χ4v) is 0.920. The number of carboxylic acids is 1. The molecule has 94 valence electrons. The minimum absolute atomic E-state index is 0.00604. The van der Waals surface area contributed by atoms with Crippen LogP contribution in [-0.2, 0) is 4.79 Å². The average molecular weight is 232 g/mol. The van der Waals surface area contributed by atoms with Crippen molar-refractivity contribution in [3.8, 4) is 0 Å². The SMILES string of the molecule is CCC(C)CNC(=O)NCC[C@H](O)C(=O)O. The summed E-state index contributed by atoms with van der Waals surface area (Å²) >= 11 is 0. The average Bonchev–Trinajstić information content (AvgIpc) is 2.25. The molecule has 4 N–H and O–H groups in total. The molecule has 0 saturated heterocycles. The van der Waals surface area contributed by atoms with Gasteiger partial charge in [-0.3, -0.25) is 0 Å². The van der Waals surface area contributed by atoms with Gasteiger partial charge in [0, 0.05) is 19.5 Å². The van der Waals surface area contributed by atoms with Gasteiger partial charge in [-0.2, -0.15) is 0 Å². The van der Waals surface area contributed by atoms with Crippen LogP contribution in [0.1, 0.15) is 26.7 Å². The third kappa shape index (κ3) is 7.05. The summed E-state index contributed by atoms with van der Waals surface area (Å²) in [4.78, 5) is 21.4. The van der Waals surface area contributed by atoms with Crippen molar-refractivity contribution in [1.29, 1.82) is 0 Å².